The van der Waals surface area contributed by atoms with E-state index in [9.17, 15) is 4.79 Å². The molecule has 0 heterocycles. The van der Waals surface area contributed by atoms with Crippen molar-refractivity contribution in [3.8, 4) is 5.75 Å². The number of nitrogens with one attached hydrogen (secondary N) is 1. The van der Waals surface area contributed by atoms with E-state index in [1.165, 1.54) is 0 Å². The minimum atomic E-state index is -0.158. The molecule has 0 saturated heterocycles. The van der Waals surface area contributed by atoms with Gasteiger partial charge in [0.2, 0.25) is 0 Å². The van der Waals surface area contributed by atoms with Crippen LogP contribution < -0.4 is 10.1 Å². The zero-order chi connectivity index (χ0) is 13.8. The van der Waals surface area contributed by atoms with Crippen molar-refractivity contribution in [3.63, 3.8) is 0 Å². The van der Waals surface area contributed by atoms with Crippen LogP contribution in [0.15, 0.2) is 46.9 Å². The second-order valence-corrected chi connectivity index (χ2v) is 5.09. The Bertz CT molecular complexity index is 591. The quantitative estimate of drug-likeness (QED) is 0.928. The smallest absolute Gasteiger partial charge is 0.255 e. The van der Waals surface area contributed by atoms with Crippen molar-refractivity contribution in [2.24, 2.45) is 0 Å². The summed E-state index contributed by atoms with van der Waals surface area (Å²) in [7, 11) is 1.58. The van der Waals surface area contributed by atoms with Gasteiger partial charge in [0, 0.05) is 10.0 Å². The van der Waals surface area contributed by atoms with Crippen LogP contribution >= 0.6 is 15.9 Å². The number of amides is 1. The standard InChI is InChI=1S/C15H14BrNO2/c1-10-7-11(9-12(16)8-10)15(18)17-13-5-3-4-6-14(13)19-2/h3-9H,1-2H3,(H,17,18). The molecule has 0 aromatic heterocycles. The first-order valence-electron chi connectivity index (χ1n) is 5.81. The molecule has 1 N–H and O–H groups in total. The summed E-state index contributed by atoms with van der Waals surface area (Å²) in [5, 5.41) is 2.85. The number of para-hydroxylation sites is 2. The normalized spacial score (nSPS) is 10.1. The minimum Gasteiger partial charge on any atom is -0.495 e. The molecule has 2 aromatic carbocycles. The van der Waals surface area contributed by atoms with Gasteiger partial charge < -0.3 is 10.1 Å². The Morgan fingerprint density at radius 2 is 1.95 bits per heavy atom. The Morgan fingerprint density at radius 1 is 1.21 bits per heavy atom. The Kier molecular flexibility index (Phi) is 4.22. The summed E-state index contributed by atoms with van der Waals surface area (Å²) in [6.45, 7) is 1.95. The van der Waals surface area contributed by atoms with Gasteiger partial charge in [-0.3, -0.25) is 4.79 Å². The van der Waals surface area contributed by atoms with Gasteiger partial charge in [-0.2, -0.15) is 0 Å². The first kappa shape index (κ1) is 13.6. The summed E-state index contributed by atoms with van der Waals surface area (Å²) < 4.78 is 6.09. The van der Waals surface area contributed by atoms with Crippen LogP contribution in [0.5, 0.6) is 5.75 Å². The number of rotatable bonds is 3. The average molecular weight is 320 g/mol. The van der Waals surface area contributed by atoms with Crippen LogP contribution in [0.1, 0.15) is 15.9 Å². The maximum absolute atomic E-state index is 12.2. The molecule has 98 valence electrons. The fourth-order valence-electron chi connectivity index (χ4n) is 1.81. The van der Waals surface area contributed by atoms with E-state index in [1.807, 2.05) is 43.3 Å². The molecule has 0 aliphatic carbocycles. The summed E-state index contributed by atoms with van der Waals surface area (Å²) in [5.41, 5.74) is 2.30. The van der Waals surface area contributed by atoms with Crippen LogP contribution in [-0.4, -0.2) is 13.0 Å². The molecule has 0 radical (unpaired) electrons. The number of benzene rings is 2. The van der Waals surface area contributed by atoms with Gasteiger partial charge in [-0.25, -0.2) is 0 Å². The maximum Gasteiger partial charge on any atom is 0.255 e. The summed E-state index contributed by atoms with van der Waals surface area (Å²) in [4.78, 5) is 12.2. The number of halogens is 1. The van der Waals surface area contributed by atoms with Crippen LogP contribution in [-0.2, 0) is 0 Å². The van der Waals surface area contributed by atoms with Crippen LogP contribution in [0.25, 0.3) is 0 Å². The fraction of sp³-hybridized carbons (Fsp3) is 0.133. The molecule has 1 amide bonds. The van der Waals surface area contributed by atoms with E-state index >= 15 is 0 Å². The molecule has 0 bridgehead atoms. The lowest BCUT2D eigenvalue weighted by atomic mass is 10.1. The van der Waals surface area contributed by atoms with E-state index in [0.717, 1.165) is 10.0 Å². The van der Waals surface area contributed by atoms with Crippen molar-refractivity contribution in [2.45, 2.75) is 6.92 Å². The second-order valence-electron chi connectivity index (χ2n) is 4.17. The highest BCUT2D eigenvalue weighted by molar-refractivity contribution is 9.10. The molecule has 0 atom stereocenters. The van der Waals surface area contributed by atoms with Crippen molar-refractivity contribution in [1.82, 2.24) is 0 Å². The zero-order valence-corrected chi connectivity index (χ0v) is 12.3. The largest absolute Gasteiger partial charge is 0.495 e. The van der Waals surface area contributed by atoms with Crippen LogP contribution in [0.3, 0.4) is 0 Å². The highest BCUT2D eigenvalue weighted by atomic mass is 79.9. The van der Waals surface area contributed by atoms with Gasteiger partial charge in [0.15, 0.2) is 0 Å². The number of hydrogen-bond acceptors (Lipinski definition) is 2. The third-order valence-electron chi connectivity index (χ3n) is 2.66. The van der Waals surface area contributed by atoms with E-state index in [4.69, 9.17) is 4.74 Å². The fourth-order valence-corrected chi connectivity index (χ4v) is 2.42. The van der Waals surface area contributed by atoms with Crippen molar-refractivity contribution < 1.29 is 9.53 Å². The van der Waals surface area contributed by atoms with Crippen LogP contribution in [0.4, 0.5) is 5.69 Å². The van der Waals surface area contributed by atoms with E-state index < -0.39 is 0 Å². The Balaban J connectivity index is 2.25. The van der Waals surface area contributed by atoms with Gasteiger partial charge in [0.1, 0.15) is 5.75 Å². The molecule has 0 unspecified atom stereocenters. The van der Waals surface area contributed by atoms with Gasteiger partial charge in [-0.05, 0) is 42.8 Å². The summed E-state index contributed by atoms with van der Waals surface area (Å²) in [6.07, 6.45) is 0. The van der Waals surface area contributed by atoms with Crippen molar-refractivity contribution in [1.29, 1.82) is 0 Å². The number of carbonyl (C=O) groups is 1. The van der Waals surface area contributed by atoms with E-state index in [0.29, 0.717) is 17.0 Å². The Hall–Kier alpha value is -1.81. The van der Waals surface area contributed by atoms with Gasteiger partial charge >= 0.3 is 0 Å². The van der Waals surface area contributed by atoms with Crippen molar-refractivity contribution in [2.75, 3.05) is 12.4 Å². The SMILES string of the molecule is COc1ccccc1NC(=O)c1cc(C)cc(Br)c1. The number of hydrogen-bond donors (Lipinski definition) is 1. The predicted molar refractivity (Wildman–Crippen MR) is 79.8 cm³/mol. The molecule has 0 aliphatic rings. The Morgan fingerprint density at radius 3 is 2.63 bits per heavy atom. The van der Waals surface area contributed by atoms with Gasteiger partial charge in [-0.1, -0.05) is 28.1 Å². The summed E-state index contributed by atoms with van der Waals surface area (Å²) in [6, 6.07) is 12.9. The number of aryl methyl sites for hydroxylation is 1. The molecular weight excluding hydrogens is 306 g/mol. The van der Waals surface area contributed by atoms with E-state index in [2.05, 4.69) is 21.2 Å². The van der Waals surface area contributed by atoms with Crippen molar-refractivity contribution >= 4 is 27.5 Å². The topological polar surface area (TPSA) is 38.3 Å². The molecule has 2 aromatic rings. The highest BCUT2D eigenvalue weighted by Gasteiger charge is 2.10. The lowest BCUT2D eigenvalue weighted by Gasteiger charge is -2.10. The third-order valence-corrected chi connectivity index (χ3v) is 3.12. The monoisotopic (exact) mass is 319 g/mol. The van der Waals surface area contributed by atoms with E-state index in [-0.39, 0.29) is 5.91 Å². The number of ether oxygens (including phenoxy) is 1. The van der Waals surface area contributed by atoms with Crippen LogP contribution in [0, 0.1) is 6.92 Å². The first-order valence-corrected chi connectivity index (χ1v) is 6.61. The van der Waals surface area contributed by atoms with Gasteiger partial charge in [0.25, 0.3) is 5.91 Å². The summed E-state index contributed by atoms with van der Waals surface area (Å²) in [5.74, 6) is 0.483. The number of carbonyl (C=O) groups excluding carboxylic acids is 1. The molecule has 19 heavy (non-hydrogen) atoms. The molecular formula is C15H14BrNO2. The molecule has 2 rings (SSSR count). The molecule has 3 nitrogen and oxygen atoms in total. The third kappa shape index (κ3) is 3.35. The predicted octanol–water partition coefficient (Wildman–Crippen LogP) is 4.02. The minimum absolute atomic E-state index is 0.158. The lowest BCUT2D eigenvalue weighted by Crippen LogP contribution is -2.12. The zero-order valence-electron chi connectivity index (χ0n) is 10.7. The summed E-state index contributed by atoms with van der Waals surface area (Å²) >= 11 is 3.39. The lowest BCUT2D eigenvalue weighted by molar-refractivity contribution is 0.102. The molecule has 0 fully saturated rings. The van der Waals surface area contributed by atoms with Crippen LogP contribution in [0.2, 0.25) is 0 Å². The average Bonchev–Trinajstić information content (AvgIpc) is 2.38. The molecule has 4 heteroatoms. The Labute approximate surface area is 120 Å². The first-order chi connectivity index (χ1) is 9.10. The highest BCUT2D eigenvalue weighted by Crippen LogP contribution is 2.24. The van der Waals surface area contributed by atoms with E-state index in [1.54, 1.807) is 13.2 Å². The van der Waals surface area contributed by atoms with Gasteiger partial charge in [0.05, 0.1) is 12.8 Å². The van der Waals surface area contributed by atoms with Crippen molar-refractivity contribution in [3.05, 3.63) is 58.1 Å². The molecule has 0 saturated carbocycles. The van der Waals surface area contributed by atoms with Gasteiger partial charge in [-0.15, -0.1) is 0 Å². The maximum atomic E-state index is 12.2. The molecule has 0 spiro atoms. The number of anilines is 1. The second kappa shape index (κ2) is 5.89. The molecule has 0 aliphatic heterocycles. The number of methoxy groups -OCH3 is 1.